The first kappa shape index (κ1) is 16.9. The summed E-state index contributed by atoms with van der Waals surface area (Å²) in [5, 5.41) is 0.559. The zero-order valence-electron chi connectivity index (χ0n) is 13.4. The Morgan fingerprint density at radius 1 is 1.19 bits per heavy atom. The van der Waals surface area contributed by atoms with Crippen LogP contribution in [0.3, 0.4) is 0 Å². The van der Waals surface area contributed by atoms with Crippen LogP contribution in [0.25, 0.3) is 10.2 Å². The molecule has 0 saturated heterocycles. The van der Waals surface area contributed by atoms with Crippen molar-refractivity contribution in [3.8, 4) is 0 Å². The SMILES string of the molecule is O=C(c1ccc(F)cc1)N(Cc1ccco1)c1nc2ccc(Br)cc2s1. The number of carbonyl (C=O) groups excluding carboxylic acids is 1. The van der Waals surface area contributed by atoms with Crippen molar-refractivity contribution in [3.05, 3.63) is 82.5 Å². The van der Waals surface area contributed by atoms with Crippen molar-refractivity contribution in [1.82, 2.24) is 4.98 Å². The van der Waals surface area contributed by atoms with E-state index in [-0.39, 0.29) is 18.3 Å². The lowest BCUT2D eigenvalue weighted by atomic mass is 10.2. The summed E-state index contributed by atoms with van der Waals surface area (Å²) in [6, 6.07) is 14.8. The summed E-state index contributed by atoms with van der Waals surface area (Å²) in [4.78, 5) is 19.2. The summed E-state index contributed by atoms with van der Waals surface area (Å²) >= 11 is 4.86. The molecule has 0 aliphatic heterocycles. The Hall–Kier alpha value is -2.51. The standard InChI is InChI=1S/C19H12BrFN2O2S/c20-13-5-8-16-17(10-13)26-19(22-16)23(11-15-2-1-9-25-15)18(24)12-3-6-14(21)7-4-12/h1-10H,11H2. The molecule has 0 aliphatic carbocycles. The number of thiazole rings is 1. The largest absolute Gasteiger partial charge is 0.467 e. The van der Waals surface area contributed by atoms with Crippen molar-refractivity contribution < 1.29 is 13.6 Å². The number of halogens is 2. The van der Waals surface area contributed by atoms with Crippen molar-refractivity contribution in [2.75, 3.05) is 4.90 Å². The highest BCUT2D eigenvalue weighted by atomic mass is 79.9. The average molecular weight is 431 g/mol. The number of rotatable bonds is 4. The molecule has 0 spiro atoms. The molecule has 0 N–H and O–H groups in total. The van der Waals surface area contributed by atoms with Crippen LogP contribution in [0.4, 0.5) is 9.52 Å². The van der Waals surface area contributed by atoms with Gasteiger partial charge >= 0.3 is 0 Å². The Bertz CT molecular complexity index is 1060. The minimum Gasteiger partial charge on any atom is -0.467 e. The third-order valence-electron chi connectivity index (χ3n) is 3.80. The van der Waals surface area contributed by atoms with E-state index >= 15 is 0 Å². The van der Waals surface area contributed by atoms with E-state index in [0.29, 0.717) is 16.5 Å². The first-order chi connectivity index (χ1) is 12.6. The molecule has 0 fully saturated rings. The number of hydrogen-bond donors (Lipinski definition) is 0. The molecule has 26 heavy (non-hydrogen) atoms. The number of amides is 1. The van der Waals surface area contributed by atoms with Crippen LogP contribution in [0.1, 0.15) is 16.1 Å². The average Bonchev–Trinajstić information content (AvgIpc) is 3.28. The van der Waals surface area contributed by atoms with E-state index in [1.54, 1.807) is 23.3 Å². The number of benzene rings is 2. The van der Waals surface area contributed by atoms with Crippen molar-refractivity contribution in [1.29, 1.82) is 0 Å². The molecule has 0 saturated carbocycles. The summed E-state index contributed by atoms with van der Waals surface area (Å²) in [7, 11) is 0. The van der Waals surface area contributed by atoms with Gasteiger partial charge in [0.15, 0.2) is 5.13 Å². The molecule has 2 aromatic carbocycles. The fraction of sp³-hybridized carbons (Fsp3) is 0.0526. The second-order valence-corrected chi connectivity index (χ2v) is 7.51. The molecule has 4 rings (SSSR count). The van der Waals surface area contributed by atoms with Crippen LogP contribution in [0.5, 0.6) is 0 Å². The third kappa shape index (κ3) is 3.40. The van der Waals surface area contributed by atoms with Gasteiger partial charge in [0, 0.05) is 10.0 Å². The molecule has 0 radical (unpaired) electrons. The van der Waals surface area contributed by atoms with Gasteiger partial charge in [0.1, 0.15) is 11.6 Å². The van der Waals surface area contributed by atoms with Crippen LogP contribution in [0, 0.1) is 5.82 Å². The predicted molar refractivity (Wildman–Crippen MR) is 103 cm³/mol. The van der Waals surface area contributed by atoms with Crippen LogP contribution in [0.2, 0.25) is 0 Å². The second kappa shape index (κ2) is 7.01. The first-order valence-corrected chi connectivity index (χ1v) is 9.37. The molecule has 1 amide bonds. The quantitative estimate of drug-likeness (QED) is 0.420. The summed E-state index contributed by atoms with van der Waals surface area (Å²) in [6.07, 6.45) is 1.56. The van der Waals surface area contributed by atoms with Gasteiger partial charge in [-0.05, 0) is 54.6 Å². The van der Waals surface area contributed by atoms with Gasteiger partial charge in [0.25, 0.3) is 5.91 Å². The second-order valence-electron chi connectivity index (χ2n) is 5.59. The molecule has 0 bridgehead atoms. The normalized spacial score (nSPS) is 11.0. The molecule has 130 valence electrons. The van der Waals surface area contributed by atoms with Gasteiger partial charge in [-0.1, -0.05) is 27.3 Å². The lowest BCUT2D eigenvalue weighted by Gasteiger charge is -2.18. The molecule has 4 aromatic rings. The Balaban J connectivity index is 1.76. The van der Waals surface area contributed by atoms with E-state index in [1.807, 2.05) is 18.2 Å². The summed E-state index contributed by atoms with van der Waals surface area (Å²) in [5.41, 5.74) is 1.20. The fourth-order valence-corrected chi connectivity index (χ4v) is 4.05. The van der Waals surface area contributed by atoms with Crippen molar-refractivity contribution in [2.24, 2.45) is 0 Å². The molecule has 2 aromatic heterocycles. The van der Waals surface area contributed by atoms with Crippen LogP contribution in [-0.4, -0.2) is 10.9 Å². The van der Waals surface area contributed by atoms with Gasteiger partial charge in [-0.3, -0.25) is 9.69 Å². The summed E-state index contributed by atoms with van der Waals surface area (Å²) in [6.45, 7) is 0.240. The maximum atomic E-state index is 13.2. The highest BCUT2D eigenvalue weighted by molar-refractivity contribution is 9.10. The van der Waals surface area contributed by atoms with E-state index in [9.17, 15) is 9.18 Å². The zero-order valence-corrected chi connectivity index (χ0v) is 15.8. The van der Waals surface area contributed by atoms with Crippen molar-refractivity contribution in [3.63, 3.8) is 0 Å². The number of furan rings is 1. The number of fused-ring (bicyclic) bond motifs is 1. The zero-order chi connectivity index (χ0) is 18.1. The van der Waals surface area contributed by atoms with Crippen LogP contribution in [0.15, 0.2) is 69.8 Å². The van der Waals surface area contributed by atoms with Gasteiger partial charge in [0.05, 0.1) is 23.0 Å². The Kier molecular flexibility index (Phi) is 4.57. The van der Waals surface area contributed by atoms with Crippen LogP contribution >= 0.6 is 27.3 Å². The van der Waals surface area contributed by atoms with E-state index in [2.05, 4.69) is 20.9 Å². The van der Waals surface area contributed by atoms with Crippen LogP contribution < -0.4 is 4.90 Å². The van der Waals surface area contributed by atoms with Gasteiger partial charge in [0.2, 0.25) is 0 Å². The lowest BCUT2D eigenvalue weighted by Crippen LogP contribution is -2.30. The molecule has 0 atom stereocenters. The minimum absolute atomic E-state index is 0.240. The summed E-state index contributed by atoms with van der Waals surface area (Å²) in [5.74, 6) is -0.00982. The fourth-order valence-electron chi connectivity index (χ4n) is 2.53. The molecular formula is C19H12BrFN2O2S. The Morgan fingerprint density at radius 2 is 2.00 bits per heavy atom. The monoisotopic (exact) mass is 430 g/mol. The molecule has 0 aliphatic rings. The third-order valence-corrected chi connectivity index (χ3v) is 5.33. The number of hydrogen-bond acceptors (Lipinski definition) is 4. The molecule has 2 heterocycles. The van der Waals surface area contributed by atoms with E-state index in [0.717, 1.165) is 14.7 Å². The van der Waals surface area contributed by atoms with E-state index in [1.165, 1.54) is 35.6 Å². The molecule has 0 unspecified atom stereocenters. The number of aromatic nitrogens is 1. The lowest BCUT2D eigenvalue weighted by molar-refractivity contribution is 0.0983. The molecular weight excluding hydrogens is 419 g/mol. The maximum absolute atomic E-state index is 13.2. The number of carbonyl (C=O) groups is 1. The highest BCUT2D eigenvalue weighted by Crippen LogP contribution is 2.32. The van der Waals surface area contributed by atoms with Crippen molar-refractivity contribution >= 4 is 48.5 Å². The Morgan fingerprint density at radius 3 is 2.73 bits per heavy atom. The smallest absolute Gasteiger partial charge is 0.260 e. The molecule has 4 nitrogen and oxygen atoms in total. The van der Waals surface area contributed by atoms with E-state index < -0.39 is 0 Å². The van der Waals surface area contributed by atoms with Gasteiger partial charge in [-0.2, -0.15) is 0 Å². The Labute approximate surface area is 161 Å². The van der Waals surface area contributed by atoms with Crippen molar-refractivity contribution in [2.45, 2.75) is 6.54 Å². The van der Waals surface area contributed by atoms with Gasteiger partial charge < -0.3 is 4.42 Å². The van der Waals surface area contributed by atoms with Gasteiger partial charge in [-0.15, -0.1) is 0 Å². The maximum Gasteiger partial charge on any atom is 0.260 e. The minimum atomic E-state index is -0.385. The topological polar surface area (TPSA) is 46.3 Å². The van der Waals surface area contributed by atoms with E-state index in [4.69, 9.17) is 4.42 Å². The highest BCUT2D eigenvalue weighted by Gasteiger charge is 2.22. The number of anilines is 1. The number of nitrogens with zero attached hydrogens (tertiary/aromatic N) is 2. The first-order valence-electron chi connectivity index (χ1n) is 7.76. The van der Waals surface area contributed by atoms with Gasteiger partial charge in [-0.25, -0.2) is 9.37 Å². The summed E-state index contributed by atoms with van der Waals surface area (Å²) < 4.78 is 20.5. The predicted octanol–water partition coefficient (Wildman–Crippen LogP) is 5.64. The molecule has 7 heteroatoms. The van der Waals surface area contributed by atoms with Crippen LogP contribution in [-0.2, 0) is 6.54 Å².